The van der Waals surface area contributed by atoms with Crippen LogP contribution in [0, 0.1) is 5.82 Å². The van der Waals surface area contributed by atoms with Gasteiger partial charge in [0.2, 0.25) is 0 Å². The van der Waals surface area contributed by atoms with Gasteiger partial charge in [0.05, 0.1) is 0 Å². The van der Waals surface area contributed by atoms with Crippen molar-refractivity contribution in [3.8, 4) is 22.3 Å². The summed E-state index contributed by atoms with van der Waals surface area (Å²) in [6, 6.07) is 15.9. The van der Waals surface area contributed by atoms with Gasteiger partial charge in [-0.1, -0.05) is 52.0 Å². The molecule has 3 aromatic rings. The SMILES string of the molecule is CC1(C)c2cc(N)ccc2-c2ccc3c(c21)C(C)(C)c1cc(F)ccc1-3. The van der Waals surface area contributed by atoms with Gasteiger partial charge >= 0.3 is 0 Å². The first kappa shape index (κ1) is 15.6. The predicted molar refractivity (Wildman–Crippen MR) is 106 cm³/mol. The van der Waals surface area contributed by atoms with Crippen LogP contribution in [0.15, 0.2) is 48.5 Å². The van der Waals surface area contributed by atoms with E-state index in [1.807, 2.05) is 12.1 Å². The first-order chi connectivity index (χ1) is 12.2. The molecule has 0 radical (unpaired) electrons. The molecule has 26 heavy (non-hydrogen) atoms. The Morgan fingerprint density at radius 1 is 0.654 bits per heavy atom. The largest absolute Gasteiger partial charge is 0.399 e. The van der Waals surface area contributed by atoms with Crippen molar-refractivity contribution in [3.63, 3.8) is 0 Å². The van der Waals surface area contributed by atoms with E-state index < -0.39 is 0 Å². The number of fused-ring (bicyclic) bond motifs is 7. The van der Waals surface area contributed by atoms with Gasteiger partial charge in [-0.3, -0.25) is 0 Å². The Hall–Kier alpha value is -2.61. The number of hydrogen-bond acceptors (Lipinski definition) is 1. The highest BCUT2D eigenvalue weighted by atomic mass is 19.1. The number of nitrogens with two attached hydrogens (primary N) is 1. The van der Waals surface area contributed by atoms with E-state index in [2.05, 4.69) is 52.0 Å². The summed E-state index contributed by atoms with van der Waals surface area (Å²) >= 11 is 0. The Morgan fingerprint density at radius 3 is 1.69 bits per heavy atom. The van der Waals surface area contributed by atoms with Crippen LogP contribution in [0.1, 0.15) is 49.9 Å². The minimum absolute atomic E-state index is 0.136. The topological polar surface area (TPSA) is 26.0 Å². The lowest BCUT2D eigenvalue weighted by molar-refractivity contribution is 0.589. The van der Waals surface area contributed by atoms with E-state index in [1.54, 1.807) is 12.1 Å². The molecule has 2 heteroatoms. The highest BCUT2D eigenvalue weighted by Crippen LogP contribution is 2.59. The van der Waals surface area contributed by atoms with E-state index in [0.717, 1.165) is 16.8 Å². The molecule has 1 nitrogen and oxygen atoms in total. The molecule has 3 aromatic carbocycles. The Morgan fingerprint density at radius 2 is 1.12 bits per heavy atom. The van der Waals surface area contributed by atoms with E-state index >= 15 is 0 Å². The van der Waals surface area contributed by atoms with Crippen molar-refractivity contribution in [1.82, 2.24) is 0 Å². The van der Waals surface area contributed by atoms with Crippen LogP contribution in [-0.4, -0.2) is 0 Å². The molecule has 0 aliphatic heterocycles. The van der Waals surface area contributed by atoms with Crippen LogP contribution < -0.4 is 5.73 Å². The lowest BCUT2D eigenvalue weighted by Gasteiger charge is -2.30. The summed E-state index contributed by atoms with van der Waals surface area (Å²) in [5, 5.41) is 0. The number of rotatable bonds is 0. The standard InChI is InChI=1S/C24H22FN/c1-23(2)19-11-13(25)5-7-15(19)17-9-10-18-16-8-6-14(26)12-20(16)24(3,4)22(18)21(17)23/h5-12H,26H2,1-4H3. The maximum atomic E-state index is 14.0. The van der Waals surface area contributed by atoms with Crippen molar-refractivity contribution < 1.29 is 4.39 Å². The van der Waals surface area contributed by atoms with Crippen LogP contribution in [0.4, 0.5) is 10.1 Å². The molecule has 0 saturated carbocycles. The van der Waals surface area contributed by atoms with Crippen LogP contribution in [0.3, 0.4) is 0 Å². The summed E-state index contributed by atoms with van der Waals surface area (Å²) < 4.78 is 14.0. The van der Waals surface area contributed by atoms with Gasteiger partial charge in [-0.25, -0.2) is 4.39 Å². The fourth-order valence-corrected chi connectivity index (χ4v) is 5.20. The molecule has 0 unspecified atom stereocenters. The van der Waals surface area contributed by atoms with Crippen molar-refractivity contribution in [2.24, 2.45) is 0 Å². The molecule has 130 valence electrons. The third-order valence-electron chi connectivity index (χ3n) is 6.41. The second-order valence-electron chi connectivity index (χ2n) is 8.66. The smallest absolute Gasteiger partial charge is 0.123 e. The quantitative estimate of drug-likeness (QED) is 0.496. The molecule has 0 spiro atoms. The van der Waals surface area contributed by atoms with E-state index in [9.17, 15) is 4.39 Å². The summed E-state index contributed by atoms with van der Waals surface area (Å²) in [6.07, 6.45) is 0. The number of hydrogen-bond donors (Lipinski definition) is 1. The summed E-state index contributed by atoms with van der Waals surface area (Å²) in [5.74, 6) is -0.170. The van der Waals surface area contributed by atoms with E-state index in [4.69, 9.17) is 5.73 Å². The Kier molecular flexibility index (Phi) is 2.74. The highest BCUT2D eigenvalue weighted by molar-refractivity contribution is 5.91. The predicted octanol–water partition coefficient (Wildman–Crippen LogP) is 6.02. The van der Waals surface area contributed by atoms with Crippen LogP contribution in [-0.2, 0) is 10.8 Å². The maximum Gasteiger partial charge on any atom is 0.123 e. The molecule has 2 aliphatic carbocycles. The minimum Gasteiger partial charge on any atom is -0.399 e. The van der Waals surface area contributed by atoms with E-state index in [0.29, 0.717) is 0 Å². The molecule has 2 aliphatic rings. The van der Waals surface area contributed by atoms with Crippen LogP contribution in [0.5, 0.6) is 0 Å². The van der Waals surface area contributed by atoms with Gasteiger partial charge in [0.25, 0.3) is 0 Å². The van der Waals surface area contributed by atoms with Gasteiger partial charge in [0.1, 0.15) is 5.82 Å². The zero-order valence-corrected chi connectivity index (χ0v) is 15.6. The van der Waals surface area contributed by atoms with Crippen molar-refractivity contribution in [3.05, 3.63) is 76.6 Å². The molecule has 5 rings (SSSR count). The molecule has 0 aromatic heterocycles. The van der Waals surface area contributed by atoms with Gasteiger partial charge in [-0.15, -0.1) is 0 Å². The Balaban J connectivity index is 1.89. The van der Waals surface area contributed by atoms with Gasteiger partial charge in [-0.2, -0.15) is 0 Å². The number of benzene rings is 3. The van der Waals surface area contributed by atoms with Gasteiger partial charge in [0.15, 0.2) is 0 Å². The lowest BCUT2D eigenvalue weighted by Crippen LogP contribution is -2.24. The second kappa shape index (κ2) is 4.56. The van der Waals surface area contributed by atoms with E-state index in [1.165, 1.54) is 33.4 Å². The molecule has 0 atom stereocenters. The number of nitrogen functional groups attached to an aromatic ring is 1. The average molecular weight is 343 g/mol. The van der Waals surface area contributed by atoms with Gasteiger partial charge in [-0.05, 0) is 68.8 Å². The molecule has 0 fully saturated rings. The van der Waals surface area contributed by atoms with Crippen LogP contribution in [0.25, 0.3) is 22.3 Å². The Labute approximate surface area is 153 Å². The minimum atomic E-state index is -0.233. The summed E-state index contributed by atoms with van der Waals surface area (Å²) in [5.41, 5.74) is 16.5. The van der Waals surface area contributed by atoms with Crippen molar-refractivity contribution in [2.75, 3.05) is 5.73 Å². The third kappa shape index (κ3) is 1.70. The second-order valence-corrected chi connectivity index (χ2v) is 8.66. The number of halogens is 1. The molecular formula is C24H22FN. The van der Waals surface area contributed by atoms with Crippen molar-refractivity contribution in [2.45, 2.75) is 38.5 Å². The fourth-order valence-electron chi connectivity index (χ4n) is 5.20. The van der Waals surface area contributed by atoms with Crippen LogP contribution >= 0.6 is 0 Å². The van der Waals surface area contributed by atoms with Gasteiger partial charge < -0.3 is 5.73 Å². The maximum absolute atomic E-state index is 14.0. The number of anilines is 1. The normalized spacial score (nSPS) is 17.4. The molecule has 0 saturated heterocycles. The highest BCUT2D eigenvalue weighted by Gasteiger charge is 2.45. The zero-order valence-electron chi connectivity index (χ0n) is 15.6. The summed E-state index contributed by atoms with van der Waals surface area (Å²) in [4.78, 5) is 0. The molecule has 2 N–H and O–H groups in total. The Bertz CT molecular complexity index is 1020. The van der Waals surface area contributed by atoms with Crippen molar-refractivity contribution in [1.29, 1.82) is 0 Å². The first-order valence-corrected chi connectivity index (χ1v) is 9.11. The fraction of sp³-hybridized carbons (Fsp3) is 0.250. The molecule has 0 amide bonds. The molecule has 0 heterocycles. The molecular weight excluding hydrogens is 321 g/mol. The summed E-state index contributed by atoms with van der Waals surface area (Å²) in [7, 11) is 0. The van der Waals surface area contributed by atoms with Gasteiger partial charge in [0, 0.05) is 16.5 Å². The van der Waals surface area contributed by atoms with Crippen molar-refractivity contribution >= 4 is 5.69 Å². The molecule has 0 bridgehead atoms. The lowest BCUT2D eigenvalue weighted by atomic mass is 9.72. The summed E-state index contributed by atoms with van der Waals surface area (Å²) in [6.45, 7) is 8.98. The van der Waals surface area contributed by atoms with E-state index in [-0.39, 0.29) is 16.6 Å². The third-order valence-corrected chi connectivity index (χ3v) is 6.41. The monoisotopic (exact) mass is 343 g/mol. The average Bonchev–Trinajstić information content (AvgIpc) is 2.94. The van der Waals surface area contributed by atoms with Crippen LogP contribution in [0.2, 0.25) is 0 Å². The first-order valence-electron chi connectivity index (χ1n) is 9.11. The zero-order chi connectivity index (χ0) is 18.4.